The fraction of sp³-hybridized carbons (Fsp3) is 0.500. The van der Waals surface area contributed by atoms with Crippen LogP contribution in [0.25, 0.3) is 11.0 Å². The lowest BCUT2D eigenvalue weighted by atomic mass is 9.88. The molecule has 2 heterocycles. The van der Waals surface area contributed by atoms with Crippen molar-refractivity contribution >= 4 is 46.7 Å². The molecule has 1 aromatic heterocycles. The molecule has 1 aliphatic heterocycles. The summed E-state index contributed by atoms with van der Waals surface area (Å²) in [6, 6.07) is 1.48. The molecule has 1 saturated heterocycles. The van der Waals surface area contributed by atoms with Crippen LogP contribution in [-0.4, -0.2) is 85.7 Å². The fourth-order valence-electron chi connectivity index (χ4n) is 5.13. The van der Waals surface area contributed by atoms with Gasteiger partial charge in [0.25, 0.3) is 0 Å². The molecule has 0 bridgehead atoms. The van der Waals surface area contributed by atoms with E-state index >= 15 is 0 Å². The number of carbonyl (C=O) groups is 6. The molecule has 1 N–H and O–H groups in total. The van der Waals surface area contributed by atoms with Crippen LogP contribution in [0.4, 0.5) is 13.2 Å². The van der Waals surface area contributed by atoms with Crippen molar-refractivity contribution in [3.8, 4) is 5.75 Å². The number of alkyl halides is 3. The van der Waals surface area contributed by atoms with E-state index in [1.165, 1.54) is 0 Å². The van der Waals surface area contributed by atoms with Crippen LogP contribution in [0.15, 0.2) is 33.5 Å². The molecule has 6 atom stereocenters. The molecule has 1 aromatic carbocycles. The van der Waals surface area contributed by atoms with Crippen LogP contribution < -0.4 is 15.7 Å². The summed E-state index contributed by atoms with van der Waals surface area (Å²) in [4.78, 5) is 86.3. The second-order valence-corrected chi connectivity index (χ2v) is 10.7. The molecule has 16 nitrogen and oxygen atoms in total. The lowest BCUT2D eigenvalue weighted by Crippen LogP contribution is -2.70. The lowest BCUT2D eigenvalue weighted by Gasteiger charge is -2.48. The molecule has 1 unspecified atom stereocenters. The molecule has 49 heavy (non-hydrogen) atoms. The Balaban J connectivity index is 2.28. The first-order valence-corrected chi connectivity index (χ1v) is 14.3. The molecule has 1 amide bonds. The SMILES string of the molecule is COC(=O)[C@@]1(Oc2ccc3c(C(F)(F)F)cc(=O)oc3c2)C[C@H](OC(C)=O)[C@@H](NC(C)=O)[C@H](C(OC(C)=O)[C@H](COC(C)=O)OC(C)=O)O1. The van der Waals surface area contributed by atoms with Crippen molar-refractivity contribution in [1.29, 1.82) is 0 Å². The van der Waals surface area contributed by atoms with E-state index in [9.17, 15) is 46.7 Å². The Hall–Kier alpha value is -5.20. The first kappa shape index (κ1) is 38.2. The highest BCUT2D eigenvalue weighted by molar-refractivity contribution is 5.83. The monoisotopic (exact) mass is 703 g/mol. The minimum absolute atomic E-state index is 0.254. The summed E-state index contributed by atoms with van der Waals surface area (Å²) in [5.74, 6) is -8.96. The third kappa shape index (κ3) is 9.68. The summed E-state index contributed by atoms with van der Waals surface area (Å²) in [7, 11) is 0.910. The first-order valence-electron chi connectivity index (χ1n) is 14.3. The maximum Gasteiger partial charge on any atom is 0.417 e. The number of esters is 5. The topological polar surface area (TPSA) is 209 Å². The van der Waals surface area contributed by atoms with Gasteiger partial charge in [-0.2, -0.15) is 13.2 Å². The highest BCUT2D eigenvalue weighted by Crippen LogP contribution is 2.40. The van der Waals surface area contributed by atoms with Gasteiger partial charge in [-0.25, -0.2) is 9.59 Å². The molecule has 1 aliphatic rings. The van der Waals surface area contributed by atoms with Gasteiger partial charge in [0.1, 0.15) is 30.1 Å². The van der Waals surface area contributed by atoms with Crippen molar-refractivity contribution in [2.75, 3.05) is 13.7 Å². The lowest BCUT2D eigenvalue weighted by molar-refractivity contribution is -0.289. The van der Waals surface area contributed by atoms with Crippen LogP contribution in [0.1, 0.15) is 46.6 Å². The van der Waals surface area contributed by atoms with Gasteiger partial charge in [0.05, 0.1) is 25.1 Å². The Labute approximate surface area is 275 Å². The number of fused-ring (bicyclic) bond motifs is 1. The predicted octanol–water partition coefficient (Wildman–Crippen LogP) is 1.71. The number of rotatable bonds is 11. The molecule has 268 valence electrons. The molecule has 0 radical (unpaired) electrons. The van der Waals surface area contributed by atoms with Crippen LogP contribution >= 0.6 is 0 Å². The number of halogens is 3. The van der Waals surface area contributed by atoms with E-state index in [0.717, 1.165) is 59.9 Å². The van der Waals surface area contributed by atoms with Gasteiger partial charge in [0.15, 0.2) is 12.2 Å². The van der Waals surface area contributed by atoms with E-state index < -0.39 is 119 Å². The molecule has 1 fully saturated rings. The molecule has 0 spiro atoms. The minimum Gasteiger partial charge on any atom is -0.464 e. The maximum absolute atomic E-state index is 13.7. The van der Waals surface area contributed by atoms with Crippen LogP contribution in [-0.2, 0) is 63.4 Å². The van der Waals surface area contributed by atoms with Crippen molar-refractivity contribution in [3.05, 3.63) is 40.2 Å². The van der Waals surface area contributed by atoms with Crippen molar-refractivity contribution in [2.24, 2.45) is 0 Å². The van der Waals surface area contributed by atoms with Crippen molar-refractivity contribution < 1.29 is 79.5 Å². The molecule has 0 saturated carbocycles. The Kier molecular flexibility index (Phi) is 12.0. The highest BCUT2D eigenvalue weighted by Gasteiger charge is 2.60. The third-order valence-electron chi connectivity index (χ3n) is 6.80. The van der Waals surface area contributed by atoms with Gasteiger partial charge in [-0.3, -0.25) is 24.0 Å². The standard InChI is InChI=1S/C30H32F3NO15/c1-13(35)34-25-22(44-15(3)37)11-29(28(41)42-6,48-18-7-8-19-20(30(31,32)33)10-24(40)47-21(19)9-18)49-27(25)26(46-17(5)39)23(45-16(4)38)12-43-14(2)36/h7-10,22-23,25-27H,11-12H2,1-6H3,(H,34,35)/t22-,23-,25+,26?,27+,29+/m0/s1. The summed E-state index contributed by atoms with van der Waals surface area (Å²) < 4.78 is 84.0. The van der Waals surface area contributed by atoms with Gasteiger partial charge in [0.2, 0.25) is 5.91 Å². The average molecular weight is 704 g/mol. The van der Waals surface area contributed by atoms with Gasteiger partial charge in [0, 0.05) is 52.1 Å². The number of hydrogen-bond acceptors (Lipinski definition) is 15. The van der Waals surface area contributed by atoms with E-state index in [2.05, 4.69) is 5.32 Å². The minimum atomic E-state index is -4.95. The van der Waals surface area contributed by atoms with Gasteiger partial charge in [-0.1, -0.05) is 0 Å². The largest absolute Gasteiger partial charge is 0.464 e. The molecular weight excluding hydrogens is 671 g/mol. The second kappa shape index (κ2) is 15.3. The molecule has 2 aromatic rings. The number of amides is 1. The Morgan fingerprint density at radius 3 is 2.14 bits per heavy atom. The zero-order valence-electron chi connectivity index (χ0n) is 26.9. The van der Waals surface area contributed by atoms with Crippen molar-refractivity contribution in [1.82, 2.24) is 5.32 Å². The quantitative estimate of drug-likeness (QED) is 0.201. The molecule has 19 heteroatoms. The number of ether oxygens (including phenoxy) is 7. The number of hydrogen-bond donors (Lipinski definition) is 1. The van der Waals surface area contributed by atoms with E-state index in [0.29, 0.717) is 0 Å². The summed E-state index contributed by atoms with van der Waals surface area (Å²) >= 11 is 0. The number of carbonyl (C=O) groups excluding carboxylic acids is 6. The van der Waals surface area contributed by atoms with Crippen LogP contribution in [0.5, 0.6) is 5.75 Å². The summed E-state index contributed by atoms with van der Waals surface area (Å²) in [6.45, 7) is 4.28. The Bertz CT molecular complexity index is 1670. The van der Waals surface area contributed by atoms with E-state index in [-0.39, 0.29) is 6.07 Å². The fourth-order valence-corrected chi connectivity index (χ4v) is 5.13. The van der Waals surface area contributed by atoms with Crippen molar-refractivity contribution in [2.45, 2.75) is 83.5 Å². The Morgan fingerprint density at radius 1 is 0.959 bits per heavy atom. The normalized spacial score (nSPS) is 21.8. The van der Waals surface area contributed by atoms with Gasteiger partial charge in [-0.05, 0) is 12.1 Å². The average Bonchev–Trinajstić information content (AvgIpc) is 2.97. The van der Waals surface area contributed by atoms with E-state index in [1.54, 1.807) is 0 Å². The number of nitrogens with one attached hydrogen (secondary N) is 1. The maximum atomic E-state index is 13.7. The van der Waals surface area contributed by atoms with Crippen LogP contribution in [0, 0.1) is 0 Å². The van der Waals surface area contributed by atoms with Crippen LogP contribution in [0.2, 0.25) is 0 Å². The van der Waals surface area contributed by atoms with Gasteiger partial charge >= 0.3 is 47.4 Å². The zero-order valence-corrected chi connectivity index (χ0v) is 26.9. The highest BCUT2D eigenvalue weighted by atomic mass is 19.4. The molecule has 3 rings (SSSR count). The third-order valence-corrected chi connectivity index (χ3v) is 6.80. The second-order valence-electron chi connectivity index (χ2n) is 10.7. The van der Waals surface area contributed by atoms with E-state index in [4.69, 9.17) is 37.6 Å². The predicted molar refractivity (Wildman–Crippen MR) is 153 cm³/mol. The number of methoxy groups -OCH3 is 1. The summed E-state index contributed by atoms with van der Waals surface area (Å²) in [5, 5.41) is 1.94. The Morgan fingerprint density at radius 2 is 1.61 bits per heavy atom. The smallest absolute Gasteiger partial charge is 0.417 e. The van der Waals surface area contributed by atoms with Gasteiger partial charge < -0.3 is 42.9 Å². The van der Waals surface area contributed by atoms with Gasteiger partial charge in [-0.15, -0.1) is 0 Å². The molecule has 0 aliphatic carbocycles. The van der Waals surface area contributed by atoms with Crippen LogP contribution in [0.3, 0.4) is 0 Å². The first-order chi connectivity index (χ1) is 22.8. The zero-order chi connectivity index (χ0) is 36.8. The molecular formula is C30H32F3NO15. The number of benzene rings is 1. The summed E-state index contributed by atoms with van der Waals surface area (Å²) in [6.07, 6.45) is -12.6. The van der Waals surface area contributed by atoms with E-state index in [1.807, 2.05) is 0 Å². The van der Waals surface area contributed by atoms with Crippen molar-refractivity contribution in [3.63, 3.8) is 0 Å². The summed E-state index contributed by atoms with van der Waals surface area (Å²) in [5.41, 5.74) is -3.27.